The molecule has 0 fully saturated rings. The number of nitrogens with one attached hydrogen (secondary N) is 3. The number of aliphatic carboxylic acids is 1. The quantitative estimate of drug-likeness (QED) is 0.112. The highest BCUT2D eigenvalue weighted by atomic mass is 32.1. The minimum absolute atomic E-state index is 0.0496. The monoisotopic (exact) mass is 465 g/mol. The number of hydrogen-bond acceptors (Lipinski definition) is 8. The summed E-state index contributed by atoms with van der Waals surface area (Å²) in [4.78, 5) is 48.7. The van der Waals surface area contributed by atoms with E-state index in [9.17, 15) is 24.3 Å². The van der Waals surface area contributed by atoms with Gasteiger partial charge in [0.15, 0.2) is 0 Å². The first-order valence-electron chi connectivity index (χ1n) is 9.88. The van der Waals surface area contributed by atoms with Crippen molar-refractivity contribution in [2.24, 2.45) is 17.4 Å². The van der Waals surface area contributed by atoms with E-state index in [1.807, 2.05) is 13.8 Å². The molecule has 0 aromatic carbocycles. The lowest BCUT2D eigenvalue weighted by Gasteiger charge is -2.24. The van der Waals surface area contributed by atoms with Crippen molar-refractivity contribution in [3.8, 4) is 0 Å². The number of unbranched alkanes of at least 4 members (excludes halogenated alkanes) is 1. The molecule has 0 bridgehead atoms. The highest BCUT2D eigenvalue weighted by Gasteiger charge is 2.29. The van der Waals surface area contributed by atoms with Crippen LogP contribution >= 0.6 is 25.3 Å². The van der Waals surface area contributed by atoms with E-state index >= 15 is 0 Å². The summed E-state index contributed by atoms with van der Waals surface area (Å²) in [7, 11) is 0. The second kappa shape index (κ2) is 15.3. The van der Waals surface area contributed by atoms with Gasteiger partial charge in [-0.05, 0) is 38.1 Å². The molecule has 0 radical (unpaired) electrons. The third-order valence-electron chi connectivity index (χ3n) is 4.25. The number of nitrogens with two attached hydrogens (primary N) is 2. The van der Waals surface area contributed by atoms with Crippen LogP contribution in [0.5, 0.6) is 0 Å². The summed E-state index contributed by atoms with van der Waals surface area (Å²) in [5, 5.41) is 16.8. The van der Waals surface area contributed by atoms with Gasteiger partial charge in [-0.2, -0.15) is 25.3 Å². The van der Waals surface area contributed by atoms with E-state index in [0.717, 1.165) is 0 Å². The maximum Gasteiger partial charge on any atom is 0.326 e. The maximum absolute atomic E-state index is 12.7. The summed E-state index contributed by atoms with van der Waals surface area (Å²) in [5.74, 6) is -2.83. The van der Waals surface area contributed by atoms with Gasteiger partial charge in [-0.1, -0.05) is 13.8 Å². The number of hydrogen-bond donors (Lipinski definition) is 8. The van der Waals surface area contributed by atoms with Crippen LogP contribution in [0.3, 0.4) is 0 Å². The molecule has 4 unspecified atom stereocenters. The average Bonchev–Trinajstić information content (AvgIpc) is 2.69. The zero-order valence-corrected chi connectivity index (χ0v) is 19.3. The smallest absolute Gasteiger partial charge is 0.326 e. The Hall–Kier alpha value is -1.50. The zero-order chi connectivity index (χ0) is 23.3. The summed E-state index contributed by atoms with van der Waals surface area (Å²) in [6.07, 6.45) is 1.79. The Bertz CT molecular complexity index is 579. The fourth-order valence-electron chi connectivity index (χ4n) is 2.55. The van der Waals surface area contributed by atoms with E-state index in [1.165, 1.54) is 0 Å². The van der Waals surface area contributed by atoms with Crippen LogP contribution in [-0.2, 0) is 19.2 Å². The predicted molar refractivity (Wildman–Crippen MR) is 121 cm³/mol. The Labute approximate surface area is 188 Å². The molecule has 0 aliphatic carbocycles. The van der Waals surface area contributed by atoms with E-state index < -0.39 is 47.9 Å². The van der Waals surface area contributed by atoms with Crippen LogP contribution in [0, 0.1) is 5.92 Å². The Morgan fingerprint density at radius 2 is 1.40 bits per heavy atom. The molecule has 0 aromatic rings. The molecule has 30 heavy (non-hydrogen) atoms. The van der Waals surface area contributed by atoms with Crippen molar-refractivity contribution in [3.63, 3.8) is 0 Å². The molecule has 0 aliphatic rings. The SMILES string of the molecule is CC(C)CC(NC(=O)C(CS)NC(=O)C(CCCCN)NC(=O)C(N)CS)C(=O)O. The molecule has 0 spiro atoms. The predicted octanol–water partition coefficient (Wildman–Crippen LogP) is -1.11. The van der Waals surface area contributed by atoms with Crippen LogP contribution in [0.4, 0.5) is 0 Å². The van der Waals surface area contributed by atoms with Gasteiger partial charge >= 0.3 is 5.97 Å². The van der Waals surface area contributed by atoms with Crippen LogP contribution in [-0.4, -0.2) is 71.0 Å². The minimum Gasteiger partial charge on any atom is -0.480 e. The second-order valence-electron chi connectivity index (χ2n) is 7.41. The molecule has 4 atom stereocenters. The van der Waals surface area contributed by atoms with E-state index in [-0.39, 0.29) is 23.8 Å². The minimum atomic E-state index is -1.16. The van der Waals surface area contributed by atoms with Gasteiger partial charge in [0.2, 0.25) is 17.7 Å². The summed E-state index contributed by atoms with van der Waals surface area (Å²) in [6, 6.07) is -3.95. The molecule has 0 aromatic heterocycles. The molecule has 0 rings (SSSR count). The van der Waals surface area contributed by atoms with Gasteiger partial charge in [-0.25, -0.2) is 4.79 Å². The number of carbonyl (C=O) groups is 4. The molecular weight excluding hydrogens is 430 g/mol. The Kier molecular flexibility index (Phi) is 14.6. The standard InChI is InChI=1S/C18H35N5O5S2/c1-10(2)7-13(18(27)28)22-17(26)14(9-30)23-16(25)12(5-3-4-6-19)21-15(24)11(20)8-29/h10-14,29-30H,3-9,19-20H2,1-2H3,(H,21,24)(H,22,26)(H,23,25)(H,27,28). The molecule has 0 heterocycles. The van der Waals surface area contributed by atoms with Gasteiger partial charge < -0.3 is 32.5 Å². The summed E-state index contributed by atoms with van der Waals surface area (Å²) >= 11 is 8.06. The first-order chi connectivity index (χ1) is 14.1. The Morgan fingerprint density at radius 1 is 0.867 bits per heavy atom. The molecule has 0 saturated heterocycles. The lowest BCUT2D eigenvalue weighted by atomic mass is 10.0. The first kappa shape index (κ1) is 28.5. The van der Waals surface area contributed by atoms with Crippen molar-refractivity contribution in [2.75, 3.05) is 18.1 Å². The lowest BCUT2D eigenvalue weighted by molar-refractivity contribution is -0.142. The number of carbonyl (C=O) groups excluding carboxylic acids is 3. The highest BCUT2D eigenvalue weighted by Crippen LogP contribution is 2.07. The number of carboxylic acid groups (broad SMARTS) is 1. The molecule has 174 valence electrons. The summed E-state index contributed by atoms with van der Waals surface area (Å²) in [6.45, 7) is 4.11. The average molecular weight is 466 g/mol. The van der Waals surface area contributed by atoms with E-state index in [4.69, 9.17) is 11.5 Å². The number of rotatable bonds is 15. The fraction of sp³-hybridized carbons (Fsp3) is 0.778. The molecular formula is C18H35N5O5S2. The third kappa shape index (κ3) is 11.0. The molecule has 3 amide bonds. The fourth-order valence-corrected chi connectivity index (χ4v) is 2.98. The van der Waals surface area contributed by atoms with Crippen LogP contribution < -0.4 is 27.4 Å². The molecule has 12 heteroatoms. The van der Waals surface area contributed by atoms with Crippen molar-refractivity contribution in [2.45, 2.75) is 63.7 Å². The van der Waals surface area contributed by atoms with Crippen molar-refractivity contribution in [1.82, 2.24) is 16.0 Å². The molecule has 0 saturated carbocycles. The van der Waals surface area contributed by atoms with Crippen molar-refractivity contribution in [3.05, 3.63) is 0 Å². The van der Waals surface area contributed by atoms with E-state index in [2.05, 4.69) is 41.2 Å². The van der Waals surface area contributed by atoms with Crippen LogP contribution in [0.1, 0.15) is 39.5 Å². The van der Waals surface area contributed by atoms with Gasteiger partial charge in [0.1, 0.15) is 18.1 Å². The maximum atomic E-state index is 12.7. The summed E-state index contributed by atoms with van der Waals surface area (Å²) in [5.41, 5.74) is 11.1. The lowest BCUT2D eigenvalue weighted by Crippen LogP contribution is -2.57. The Balaban J connectivity index is 5.17. The van der Waals surface area contributed by atoms with Crippen LogP contribution in [0.2, 0.25) is 0 Å². The van der Waals surface area contributed by atoms with Gasteiger partial charge in [-0.3, -0.25) is 14.4 Å². The highest BCUT2D eigenvalue weighted by molar-refractivity contribution is 7.80. The van der Waals surface area contributed by atoms with Crippen LogP contribution in [0.25, 0.3) is 0 Å². The zero-order valence-electron chi connectivity index (χ0n) is 17.5. The van der Waals surface area contributed by atoms with Gasteiger partial charge in [-0.15, -0.1) is 0 Å². The molecule has 0 aliphatic heterocycles. The van der Waals surface area contributed by atoms with Crippen molar-refractivity contribution >= 4 is 48.9 Å². The third-order valence-corrected chi connectivity index (χ3v) is 5.01. The Morgan fingerprint density at radius 3 is 1.87 bits per heavy atom. The number of carboxylic acids is 1. The van der Waals surface area contributed by atoms with Crippen molar-refractivity contribution in [1.29, 1.82) is 0 Å². The number of amides is 3. The number of thiol groups is 2. The van der Waals surface area contributed by atoms with E-state index in [1.54, 1.807) is 0 Å². The second-order valence-corrected chi connectivity index (χ2v) is 8.14. The first-order valence-corrected chi connectivity index (χ1v) is 11.1. The van der Waals surface area contributed by atoms with Gasteiger partial charge in [0.25, 0.3) is 0 Å². The largest absolute Gasteiger partial charge is 0.480 e. The van der Waals surface area contributed by atoms with Gasteiger partial charge in [0.05, 0.1) is 6.04 Å². The molecule has 8 N–H and O–H groups in total. The van der Waals surface area contributed by atoms with Crippen LogP contribution in [0.15, 0.2) is 0 Å². The van der Waals surface area contributed by atoms with E-state index in [0.29, 0.717) is 25.8 Å². The normalized spacial score (nSPS) is 15.0. The van der Waals surface area contributed by atoms with Crippen molar-refractivity contribution < 1.29 is 24.3 Å². The topological polar surface area (TPSA) is 177 Å². The molecule has 10 nitrogen and oxygen atoms in total. The summed E-state index contributed by atoms with van der Waals surface area (Å²) < 4.78 is 0. The van der Waals surface area contributed by atoms with Gasteiger partial charge in [0, 0.05) is 11.5 Å².